The fraction of sp³-hybridized carbons (Fsp3) is 0.500. The number of nitrogens with two attached hydrogens (primary N) is 1. The van der Waals surface area contributed by atoms with Crippen LogP contribution in [0.2, 0.25) is 0 Å². The molecule has 5 heteroatoms. The van der Waals surface area contributed by atoms with Gasteiger partial charge in [-0.3, -0.25) is 10.2 Å². The summed E-state index contributed by atoms with van der Waals surface area (Å²) in [5.74, 6) is 5.88. The van der Waals surface area contributed by atoms with Gasteiger partial charge < -0.3 is 0 Å². The number of carbonyl (C=O) groups excluding carboxylic acids is 1. The second-order valence-corrected chi connectivity index (χ2v) is 5.11. The van der Waals surface area contributed by atoms with E-state index in [0.29, 0.717) is 6.42 Å². The van der Waals surface area contributed by atoms with Gasteiger partial charge in [-0.2, -0.15) is 0 Å². The molecule has 0 fully saturated rings. The third kappa shape index (κ3) is 5.70. The molecule has 0 radical (unpaired) electrons. The highest BCUT2D eigenvalue weighted by Gasteiger charge is 2.00. The summed E-state index contributed by atoms with van der Waals surface area (Å²) in [7, 11) is 0. The summed E-state index contributed by atoms with van der Waals surface area (Å²) in [6.45, 7) is 4.08. The van der Waals surface area contributed by atoms with Crippen LogP contribution in [0.3, 0.4) is 0 Å². The van der Waals surface area contributed by atoms with Crippen molar-refractivity contribution in [3.05, 3.63) is 23.4 Å². The summed E-state index contributed by atoms with van der Waals surface area (Å²) in [5.41, 5.74) is 4.42. The number of carbonyl (C=O) groups is 1. The third-order valence-electron chi connectivity index (χ3n) is 2.28. The number of pyridine rings is 1. The number of amides is 1. The molecule has 0 atom stereocenters. The number of hydrogen-bond acceptors (Lipinski definition) is 4. The van der Waals surface area contributed by atoms with Gasteiger partial charge in [-0.05, 0) is 50.1 Å². The maximum atomic E-state index is 10.9. The first kappa shape index (κ1) is 14.0. The molecule has 1 amide bonds. The van der Waals surface area contributed by atoms with Gasteiger partial charge in [-0.1, -0.05) is 0 Å². The highest BCUT2D eigenvalue weighted by atomic mass is 32.2. The zero-order valence-corrected chi connectivity index (χ0v) is 11.1. The van der Waals surface area contributed by atoms with Crippen molar-refractivity contribution in [3.63, 3.8) is 0 Å². The van der Waals surface area contributed by atoms with Crippen LogP contribution in [-0.4, -0.2) is 16.6 Å². The molecule has 0 aromatic carbocycles. The van der Waals surface area contributed by atoms with Crippen molar-refractivity contribution in [2.75, 3.05) is 5.75 Å². The first-order valence-corrected chi connectivity index (χ1v) is 6.68. The van der Waals surface area contributed by atoms with E-state index >= 15 is 0 Å². The summed E-state index contributed by atoms with van der Waals surface area (Å²) in [6.07, 6.45) is 2.35. The Bertz CT molecular complexity index is 362. The lowest BCUT2D eigenvalue weighted by molar-refractivity contribution is -0.121. The predicted molar refractivity (Wildman–Crippen MR) is 70.6 cm³/mol. The van der Waals surface area contributed by atoms with Crippen LogP contribution in [0.15, 0.2) is 17.2 Å². The van der Waals surface area contributed by atoms with E-state index < -0.39 is 0 Å². The first-order chi connectivity index (χ1) is 8.11. The molecule has 0 saturated heterocycles. The van der Waals surface area contributed by atoms with E-state index in [1.807, 2.05) is 6.92 Å². The number of nitrogens with zero attached hydrogens (tertiary/aromatic N) is 1. The van der Waals surface area contributed by atoms with Crippen molar-refractivity contribution in [1.82, 2.24) is 10.4 Å². The topological polar surface area (TPSA) is 68.0 Å². The van der Waals surface area contributed by atoms with E-state index in [2.05, 4.69) is 29.5 Å². The second-order valence-electron chi connectivity index (χ2n) is 4.00. The Morgan fingerprint density at radius 1 is 1.41 bits per heavy atom. The van der Waals surface area contributed by atoms with Crippen LogP contribution >= 0.6 is 11.8 Å². The summed E-state index contributed by atoms with van der Waals surface area (Å²) in [4.78, 5) is 15.3. The predicted octanol–water partition coefficient (Wildman–Crippen LogP) is 1.95. The minimum absolute atomic E-state index is 0.0977. The highest BCUT2D eigenvalue weighted by Crippen LogP contribution is 2.19. The first-order valence-electron chi connectivity index (χ1n) is 5.69. The molecule has 17 heavy (non-hydrogen) atoms. The normalized spacial score (nSPS) is 10.3. The van der Waals surface area contributed by atoms with Gasteiger partial charge in [0.2, 0.25) is 5.91 Å². The van der Waals surface area contributed by atoms with Crippen molar-refractivity contribution < 1.29 is 4.79 Å². The van der Waals surface area contributed by atoms with Crippen LogP contribution in [0.5, 0.6) is 0 Å². The Hall–Kier alpha value is -1.07. The maximum Gasteiger partial charge on any atom is 0.233 e. The lowest BCUT2D eigenvalue weighted by atomic mass is 10.2. The average molecular weight is 253 g/mol. The van der Waals surface area contributed by atoms with Gasteiger partial charge in [-0.25, -0.2) is 10.8 Å². The molecule has 0 aliphatic carbocycles. The van der Waals surface area contributed by atoms with Crippen LogP contribution < -0.4 is 11.3 Å². The molecule has 0 spiro atoms. The van der Waals surface area contributed by atoms with Crippen LogP contribution in [-0.2, 0) is 4.79 Å². The lowest BCUT2D eigenvalue weighted by Crippen LogP contribution is -2.29. The largest absolute Gasteiger partial charge is 0.294 e. The van der Waals surface area contributed by atoms with Gasteiger partial charge in [0.15, 0.2) is 0 Å². The van der Waals surface area contributed by atoms with Crippen molar-refractivity contribution in [1.29, 1.82) is 0 Å². The molecule has 0 aliphatic rings. The molecule has 0 bridgehead atoms. The zero-order valence-electron chi connectivity index (χ0n) is 10.3. The Kier molecular flexibility index (Phi) is 6.00. The lowest BCUT2D eigenvalue weighted by Gasteiger charge is -2.03. The minimum atomic E-state index is -0.0977. The summed E-state index contributed by atoms with van der Waals surface area (Å²) < 4.78 is 0. The quantitative estimate of drug-likeness (QED) is 0.267. The number of aromatic nitrogens is 1. The smallest absolute Gasteiger partial charge is 0.233 e. The number of aryl methyl sites for hydroxylation is 2. The average Bonchev–Trinajstić information content (AvgIpc) is 2.27. The molecule has 94 valence electrons. The Morgan fingerprint density at radius 2 is 2.18 bits per heavy atom. The van der Waals surface area contributed by atoms with Crippen LogP contribution in [0.4, 0.5) is 0 Å². The van der Waals surface area contributed by atoms with Crippen LogP contribution in [0.25, 0.3) is 0 Å². The molecule has 1 aromatic rings. The van der Waals surface area contributed by atoms with Crippen molar-refractivity contribution in [3.8, 4) is 0 Å². The number of thioether (sulfide) groups is 1. The number of nitrogens with one attached hydrogen (secondary N) is 1. The fourth-order valence-electron chi connectivity index (χ4n) is 1.51. The standard InChI is InChI=1S/C12H19N3OS/c1-9-7-10(2)14-12(8-9)17-6-4-3-5-11(16)15-13/h7-8H,3-6,13H2,1-2H3,(H,15,16). The fourth-order valence-corrected chi connectivity index (χ4v) is 2.55. The minimum Gasteiger partial charge on any atom is -0.294 e. The Balaban J connectivity index is 2.24. The molecule has 1 rings (SSSR count). The third-order valence-corrected chi connectivity index (χ3v) is 3.28. The van der Waals surface area contributed by atoms with Crippen molar-refractivity contribution in [2.24, 2.45) is 5.84 Å². The van der Waals surface area contributed by atoms with Gasteiger partial charge in [0.05, 0.1) is 5.03 Å². The SMILES string of the molecule is Cc1cc(C)nc(SCCCCC(=O)NN)c1. The molecule has 4 nitrogen and oxygen atoms in total. The van der Waals surface area contributed by atoms with Crippen LogP contribution in [0.1, 0.15) is 30.5 Å². The van der Waals surface area contributed by atoms with E-state index in [1.54, 1.807) is 11.8 Å². The molecular weight excluding hydrogens is 234 g/mol. The number of hydrazine groups is 1. The Morgan fingerprint density at radius 3 is 2.82 bits per heavy atom. The number of unbranched alkanes of at least 4 members (excludes halogenated alkanes) is 1. The number of rotatable bonds is 6. The van der Waals surface area contributed by atoms with Gasteiger partial charge in [0.1, 0.15) is 0 Å². The highest BCUT2D eigenvalue weighted by molar-refractivity contribution is 7.99. The van der Waals surface area contributed by atoms with E-state index in [4.69, 9.17) is 5.84 Å². The molecular formula is C12H19N3OS. The maximum absolute atomic E-state index is 10.9. The molecule has 0 unspecified atom stereocenters. The van der Waals surface area contributed by atoms with E-state index in [1.165, 1.54) is 5.56 Å². The van der Waals surface area contributed by atoms with Gasteiger partial charge in [0, 0.05) is 12.1 Å². The van der Waals surface area contributed by atoms with Gasteiger partial charge >= 0.3 is 0 Å². The van der Waals surface area contributed by atoms with Crippen molar-refractivity contribution >= 4 is 17.7 Å². The molecule has 0 saturated carbocycles. The summed E-state index contributed by atoms with van der Waals surface area (Å²) >= 11 is 1.73. The van der Waals surface area contributed by atoms with Crippen molar-refractivity contribution in [2.45, 2.75) is 38.1 Å². The second kappa shape index (κ2) is 7.29. The van der Waals surface area contributed by atoms with E-state index in [-0.39, 0.29) is 5.91 Å². The number of hydrogen-bond donors (Lipinski definition) is 2. The van der Waals surface area contributed by atoms with E-state index in [0.717, 1.165) is 29.3 Å². The van der Waals surface area contributed by atoms with Crippen LogP contribution in [0, 0.1) is 13.8 Å². The molecule has 1 aromatic heterocycles. The summed E-state index contributed by atoms with van der Waals surface area (Å²) in [5, 5.41) is 1.06. The Labute approximate surface area is 106 Å². The molecule has 1 heterocycles. The molecule has 0 aliphatic heterocycles. The molecule has 3 N–H and O–H groups in total. The van der Waals surface area contributed by atoms with Gasteiger partial charge in [0.25, 0.3) is 0 Å². The van der Waals surface area contributed by atoms with E-state index in [9.17, 15) is 4.79 Å². The van der Waals surface area contributed by atoms with Gasteiger partial charge in [-0.15, -0.1) is 11.8 Å². The zero-order chi connectivity index (χ0) is 12.7. The monoisotopic (exact) mass is 253 g/mol. The summed E-state index contributed by atoms with van der Waals surface area (Å²) in [6, 6.07) is 4.15.